The molecule has 0 atom stereocenters. The fourth-order valence-corrected chi connectivity index (χ4v) is 2.42. The predicted octanol–water partition coefficient (Wildman–Crippen LogP) is 3.55. The van der Waals surface area contributed by atoms with Crippen molar-refractivity contribution in [1.82, 2.24) is 9.78 Å². The number of aromatic nitrogens is 2. The van der Waals surface area contributed by atoms with Crippen molar-refractivity contribution in [3.63, 3.8) is 0 Å². The molecule has 0 radical (unpaired) electrons. The molecule has 0 unspecified atom stereocenters. The molecule has 0 aliphatic carbocycles. The Balaban J connectivity index is 1.96. The highest BCUT2D eigenvalue weighted by Gasteiger charge is 2.14. The van der Waals surface area contributed by atoms with Crippen molar-refractivity contribution < 1.29 is 14.7 Å². The molecule has 0 fully saturated rings. The number of rotatable bonds is 4. The molecule has 2 aromatic carbocycles. The van der Waals surface area contributed by atoms with E-state index in [0.717, 1.165) is 22.0 Å². The first-order chi connectivity index (χ1) is 11.0. The van der Waals surface area contributed by atoms with Gasteiger partial charge in [0.05, 0.1) is 5.52 Å². The van der Waals surface area contributed by atoms with Crippen LogP contribution >= 0.6 is 0 Å². The summed E-state index contributed by atoms with van der Waals surface area (Å²) in [5, 5.41) is 14.3. The molecule has 0 saturated carbocycles. The highest BCUT2D eigenvalue weighted by atomic mass is 16.4. The molecule has 0 bridgehead atoms. The van der Waals surface area contributed by atoms with Gasteiger partial charge in [-0.25, -0.2) is 4.79 Å². The van der Waals surface area contributed by atoms with Gasteiger partial charge in [0.1, 0.15) is 0 Å². The first kappa shape index (κ1) is 15.0. The Morgan fingerprint density at radius 3 is 2.30 bits per heavy atom. The number of Topliss-reactive ketones (excluding diaryl/α,β-unsaturated/α-hetero) is 1. The van der Waals surface area contributed by atoms with E-state index in [-0.39, 0.29) is 5.56 Å². The van der Waals surface area contributed by atoms with Crippen LogP contribution in [-0.4, -0.2) is 26.6 Å². The van der Waals surface area contributed by atoms with Crippen LogP contribution in [0.25, 0.3) is 22.0 Å². The molecule has 23 heavy (non-hydrogen) atoms. The van der Waals surface area contributed by atoms with Gasteiger partial charge in [0, 0.05) is 23.2 Å². The van der Waals surface area contributed by atoms with Gasteiger partial charge in [-0.1, -0.05) is 36.4 Å². The molecule has 1 aromatic heterocycles. The minimum absolute atomic E-state index is 0.173. The van der Waals surface area contributed by atoms with Crippen LogP contribution in [0.1, 0.15) is 30.2 Å². The zero-order chi connectivity index (χ0) is 16.6. The van der Waals surface area contributed by atoms with Crippen LogP contribution in [0.3, 0.4) is 0 Å². The van der Waals surface area contributed by atoms with Crippen LogP contribution < -0.4 is 0 Å². The van der Waals surface area contributed by atoms with Crippen LogP contribution in [0.5, 0.6) is 0 Å². The van der Waals surface area contributed by atoms with Gasteiger partial charge in [-0.15, -0.1) is 0 Å². The van der Waals surface area contributed by atoms with Gasteiger partial charge in [-0.2, -0.15) is 5.10 Å². The molecule has 0 spiro atoms. The van der Waals surface area contributed by atoms with Crippen molar-refractivity contribution in [1.29, 1.82) is 0 Å². The normalized spacial score (nSPS) is 11.1. The lowest BCUT2D eigenvalue weighted by Crippen LogP contribution is -2.12. The van der Waals surface area contributed by atoms with E-state index in [1.807, 2.05) is 29.1 Å². The van der Waals surface area contributed by atoms with Gasteiger partial charge < -0.3 is 5.11 Å². The second-order valence-corrected chi connectivity index (χ2v) is 5.69. The Labute approximate surface area is 133 Å². The summed E-state index contributed by atoms with van der Waals surface area (Å²) in [6.07, 6.45) is 2.01. The molecule has 3 rings (SSSR count). The molecule has 5 nitrogen and oxygen atoms in total. The Kier molecular flexibility index (Phi) is 3.70. The summed E-state index contributed by atoms with van der Waals surface area (Å²) in [6.45, 7) is 4.15. The second kappa shape index (κ2) is 5.68. The number of ketones is 1. The number of hydrogen-bond acceptors (Lipinski definition) is 3. The van der Waals surface area contributed by atoms with E-state index in [1.54, 1.807) is 12.1 Å². The number of aliphatic carboxylic acids is 1. The molecule has 5 heteroatoms. The average molecular weight is 308 g/mol. The van der Waals surface area contributed by atoms with Crippen LogP contribution in [0.15, 0.2) is 48.7 Å². The largest absolute Gasteiger partial charge is 0.475 e. The van der Waals surface area contributed by atoms with Gasteiger partial charge in [-0.05, 0) is 31.0 Å². The van der Waals surface area contributed by atoms with E-state index in [2.05, 4.69) is 18.9 Å². The minimum Gasteiger partial charge on any atom is -0.475 e. The summed E-state index contributed by atoms with van der Waals surface area (Å²) in [5.74, 6) is -2.35. The minimum atomic E-state index is -1.45. The molecule has 0 aliphatic heterocycles. The summed E-state index contributed by atoms with van der Waals surface area (Å²) in [7, 11) is 0. The Bertz CT molecular complexity index is 892. The number of carboxylic acids is 1. The fraction of sp³-hybridized carbons (Fsp3) is 0.167. The van der Waals surface area contributed by atoms with Crippen molar-refractivity contribution in [3.8, 4) is 11.1 Å². The maximum atomic E-state index is 11.4. The predicted molar refractivity (Wildman–Crippen MR) is 87.5 cm³/mol. The Morgan fingerprint density at radius 2 is 1.70 bits per heavy atom. The van der Waals surface area contributed by atoms with Gasteiger partial charge in [0.2, 0.25) is 0 Å². The SMILES string of the molecule is CC(C)n1cc2ccc(-c3ccc(C(=O)C(=O)O)cc3)cc2n1. The highest BCUT2D eigenvalue weighted by Crippen LogP contribution is 2.25. The molecule has 1 heterocycles. The monoisotopic (exact) mass is 308 g/mol. The van der Waals surface area contributed by atoms with Crippen molar-refractivity contribution in [2.45, 2.75) is 19.9 Å². The van der Waals surface area contributed by atoms with Crippen LogP contribution in [-0.2, 0) is 4.79 Å². The number of carbonyl (C=O) groups excluding carboxylic acids is 1. The number of fused-ring (bicyclic) bond motifs is 1. The molecule has 3 aromatic rings. The molecule has 0 aliphatic rings. The summed E-state index contributed by atoms with van der Waals surface area (Å²) in [6, 6.07) is 12.8. The van der Waals surface area contributed by atoms with Crippen molar-refractivity contribution in [3.05, 3.63) is 54.2 Å². The fourth-order valence-electron chi connectivity index (χ4n) is 2.42. The molecule has 0 saturated heterocycles. The lowest BCUT2D eigenvalue weighted by Gasteiger charge is -2.03. The number of carboxylic acid groups (broad SMARTS) is 1. The Morgan fingerprint density at radius 1 is 1.04 bits per heavy atom. The van der Waals surface area contributed by atoms with E-state index < -0.39 is 11.8 Å². The van der Waals surface area contributed by atoms with Crippen LogP contribution in [0, 0.1) is 0 Å². The highest BCUT2D eigenvalue weighted by molar-refractivity contribution is 6.39. The standard InChI is InChI=1S/C18H16N2O3/c1-11(2)20-10-15-8-7-14(9-16(15)19-20)12-3-5-13(6-4-12)17(21)18(22)23/h3-11H,1-2H3,(H,22,23). The molecule has 116 valence electrons. The van der Waals surface area contributed by atoms with Gasteiger partial charge in [-0.3, -0.25) is 9.48 Å². The van der Waals surface area contributed by atoms with Crippen LogP contribution in [0.2, 0.25) is 0 Å². The number of nitrogens with zero attached hydrogens (tertiary/aromatic N) is 2. The van der Waals surface area contributed by atoms with Crippen molar-refractivity contribution in [2.75, 3.05) is 0 Å². The third-order valence-corrected chi connectivity index (χ3v) is 3.73. The van der Waals surface area contributed by atoms with Gasteiger partial charge in [0.15, 0.2) is 0 Å². The maximum Gasteiger partial charge on any atom is 0.377 e. The quantitative estimate of drug-likeness (QED) is 0.591. The van der Waals surface area contributed by atoms with E-state index in [0.29, 0.717) is 6.04 Å². The zero-order valence-electron chi connectivity index (χ0n) is 12.9. The third kappa shape index (κ3) is 2.85. The van der Waals surface area contributed by atoms with Crippen molar-refractivity contribution in [2.24, 2.45) is 0 Å². The first-order valence-corrected chi connectivity index (χ1v) is 7.32. The summed E-state index contributed by atoms with van der Waals surface area (Å²) in [4.78, 5) is 22.1. The average Bonchev–Trinajstić information content (AvgIpc) is 2.97. The number of hydrogen-bond donors (Lipinski definition) is 1. The molecular weight excluding hydrogens is 292 g/mol. The summed E-state index contributed by atoms with van der Waals surface area (Å²) >= 11 is 0. The second-order valence-electron chi connectivity index (χ2n) is 5.69. The van der Waals surface area contributed by atoms with Crippen molar-refractivity contribution >= 4 is 22.7 Å². The van der Waals surface area contributed by atoms with E-state index in [4.69, 9.17) is 5.11 Å². The van der Waals surface area contributed by atoms with E-state index in [1.165, 1.54) is 12.1 Å². The summed E-state index contributed by atoms with van der Waals surface area (Å²) < 4.78 is 1.92. The van der Waals surface area contributed by atoms with E-state index >= 15 is 0 Å². The van der Waals surface area contributed by atoms with E-state index in [9.17, 15) is 9.59 Å². The lowest BCUT2D eigenvalue weighted by molar-refractivity contribution is -0.131. The van der Waals surface area contributed by atoms with Crippen LogP contribution in [0.4, 0.5) is 0 Å². The topological polar surface area (TPSA) is 72.2 Å². The zero-order valence-corrected chi connectivity index (χ0v) is 12.9. The third-order valence-electron chi connectivity index (χ3n) is 3.73. The molecule has 1 N–H and O–H groups in total. The van der Waals surface area contributed by atoms with Gasteiger partial charge >= 0.3 is 5.97 Å². The lowest BCUT2D eigenvalue weighted by atomic mass is 10.0. The molecule has 0 amide bonds. The smallest absolute Gasteiger partial charge is 0.377 e. The Hall–Kier alpha value is -2.95. The maximum absolute atomic E-state index is 11.4. The molecular formula is C18H16N2O3. The number of benzene rings is 2. The number of carbonyl (C=O) groups is 2. The first-order valence-electron chi connectivity index (χ1n) is 7.32. The van der Waals surface area contributed by atoms with Gasteiger partial charge in [0.25, 0.3) is 5.78 Å². The summed E-state index contributed by atoms with van der Waals surface area (Å²) in [5.41, 5.74) is 2.96.